The van der Waals surface area contributed by atoms with E-state index in [4.69, 9.17) is 0 Å². The first-order valence-corrected chi connectivity index (χ1v) is 4.64. The first-order chi connectivity index (χ1) is 5.33. The highest BCUT2D eigenvalue weighted by Gasteiger charge is 2.37. The molecule has 2 bridgehead atoms. The number of allylic oxidation sites excluding steroid dienone is 4. The van der Waals surface area contributed by atoms with Gasteiger partial charge >= 0.3 is 0 Å². The van der Waals surface area contributed by atoms with Crippen molar-refractivity contribution in [2.75, 3.05) is 0 Å². The maximum Gasteiger partial charge on any atom is 0.000524 e. The van der Waals surface area contributed by atoms with Gasteiger partial charge in [0.1, 0.15) is 0 Å². The summed E-state index contributed by atoms with van der Waals surface area (Å²) in [7, 11) is 0. The Bertz CT molecular complexity index is 210. The Morgan fingerprint density at radius 2 is 2.36 bits per heavy atom. The maximum atomic E-state index is 2.45. The Hall–Kier alpha value is -0.520. The highest BCUT2D eigenvalue weighted by Crippen LogP contribution is 2.48. The van der Waals surface area contributed by atoms with Crippen molar-refractivity contribution in [3.63, 3.8) is 0 Å². The third kappa shape index (κ3) is 0.962. The van der Waals surface area contributed by atoms with Crippen LogP contribution in [0.3, 0.4) is 0 Å². The number of rotatable bonds is 1. The van der Waals surface area contributed by atoms with Gasteiger partial charge in [-0.05, 0) is 31.6 Å². The van der Waals surface area contributed by atoms with E-state index < -0.39 is 0 Å². The Balaban J connectivity index is 2.21. The van der Waals surface area contributed by atoms with Gasteiger partial charge in [-0.1, -0.05) is 30.7 Å². The number of hydrogen-bond donors (Lipinski definition) is 0. The van der Waals surface area contributed by atoms with Crippen LogP contribution in [0.5, 0.6) is 0 Å². The SMILES string of the molecule is CC=CC1C2=CCC(C2)C1C. The van der Waals surface area contributed by atoms with Crippen molar-refractivity contribution in [2.24, 2.45) is 17.8 Å². The Morgan fingerprint density at radius 3 is 2.91 bits per heavy atom. The summed E-state index contributed by atoms with van der Waals surface area (Å²) >= 11 is 0. The maximum absolute atomic E-state index is 2.45. The first-order valence-electron chi connectivity index (χ1n) is 4.64. The van der Waals surface area contributed by atoms with Crippen molar-refractivity contribution < 1.29 is 0 Å². The van der Waals surface area contributed by atoms with Crippen LogP contribution < -0.4 is 0 Å². The predicted octanol–water partition coefficient (Wildman–Crippen LogP) is 3.16. The van der Waals surface area contributed by atoms with Gasteiger partial charge in [0.05, 0.1) is 0 Å². The third-order valence-corrected chi connectivity index (χ3v) is 3.32. The molecule has 1 fully saturated rings. The summed E-state index contributed by atoms with van der Waals surface area (Å²) in [6.07, 6.45) is 9.76. The van der Waals surface area contributed by atoms with Crippen molar-refractivity contribution >= 4 is 0 Å². The molecule has 0 radical (unpaired) electrons. The van der Waals surface area contributed by atoms with E-state index in [2.05, 4.69) is 32.1 Å². The van der Waals surface area contributed by atoms with Crippen LogP contribution in [0.15, 0.2) is 23.8 Å². The molecule has 0 heteroatoms. The third-order valence-electron chi connectivity index (χ3n) is 3.32. The average molecular weight is 148 g/mol. The highest BCUT2D eigenvalue weighted by atomic mass is 14.4. The molecule has 0 N–H and O–H groups in total. The number of fused-ring (bicyclic) bond motifs is 2. The van der Waals surface area contributed by atoms with Gasteiger partial charge in [-0.2, -0.15) is 0 Å². The minimum atomic E-state index is 0.791. The van der Waals surface area contributed by atoms with E-state index in [0.717, 1.165) is 17.8 Å². The molecule has 0 spiro atoms. The fourth-order valence-electron chi connectivity index (χ4n) is 2.58. The minimum Gasteiger partial charge on any atom is -0.0911 e. The lowest BCUT2D eigenvalue weighted by molar-refractivity contribution is 0.378. The molecule has 0 aromatic carbocycles. The van der Waals surface area contributed by atoms with E-state index in [1.807, 2.05) is 0 Å². The molecule has 2 aliphatic carbocycles. The summed E-state index contributed by atoms with van der Waals surface area (Å²) in [6, 6.07) is 0. The van der Waals surface area contributed by atoms with Crippen LogP contribution in [-0.2, 0) is 0 Å². The topological polar surface area (TPSA) is 0 Å². The summed E-state index contributed by atoms with van der Waals surface area (Å²) in [4.78, 5) is 0. The molecule has 3 unspecified atom stereocenters. The molecule has 0 aromatic rings. The zero-order valence-corrected chi connectivity index (χ0v) is 7.38. The summed E-state index contributed by atoms with van der Waals surface area (Å²) < 4.78 is 0. The lowest BCUT2D eigenvalue weighted by Gasteiger charge is -2.20. The van der Waals surface area contributed by atoms with E-state index in [9.17, 15) is 0 Å². The van der Waals surface area contributed by atoms with Crippen molar-refractivity contribution in [2.45, 2.75) is 26.7 Å². The Labute approximate surface area is 69.0 Å². The number of hydrogen-bond acceptors (Lipinski definition) is 0. The molecule has 0 amide bonds. The van der Waals surface area contributed by atoms with Crippen molar-refractivity contribution in [3.8, 4) is 0 Å². The van der Waals surface area contributed by atoms with Gasteiger partial charge in [0.15, 0.2) is 0 Å². The van der Waals surface area contributed by atoms with E-state index in [1.165, 1.54) is 12.8 Å². The molecular weight excluding hydrogens is 132 g/mol. The van der Waals surface area contributed by atoms with Crippen molar-refractivity contribution in [1.29, 1.82) is 0 Å². The highest BCUT2D eigenvalue weighted by molar-refractivity contribution is 5.26. The second-order valence-corrected chi connectivity index (χ2v) is 3.89. The van der Waals surface area contributed by atoms with E-state index >= 15 is 0 Å². The van der Waals surface area contributed by atoms with Crippen LogP contribution in [0.25, 0.3) is 0 Å². The average Bonchev–Trinajstić information content (AvgIpc) is 2.54. The molecule has 0 aromatic heterocycles. The van der Waals surface area contributed by atoms with E-state index in [-0.39, 0.29) is 0 Å². The predicted molar refractivity (Wildman–Crippen MR) is 48.3 cm³/mol. The van der Waals surface area contributed by atoms with Crippen LogP contribution >= 0.6 is 0 Å². The molecule has 2 rings (SSSR count). The molecule has 1 saturated carbocycles. The molecule has 0 heterocycles. The molecular formula is C11H16. The van der Waals surface area contributed by atoms with Gasteiger partial charge in [0.25, 0.3) is 0 Å². The van der Waals surface area contributed by atoms with Gasteiger partial charge < -0.3 is 0 Å². The Kier molecular flexibility index (Phi) is 1.63. The normalized spacial score (nSPS) is 42.0. The lowest BCUT2D eigenvalue weighted by atomic mass is 9.85. The van der Waals surface area contributed by atoms with E-state index in [0.29, 0.717) is 0 Å². The zero-order chi connectivity index (χ0) is 7.84. The molecule has 2 aliphatic rings. The quantitative estimate of drug-likeness (QED) is 0.501. The second kappa shape index (κ2) is 2.51. The summed E-state index contributed by atoms with van der Waals surface area (Å²) in [5.41, 5.74) is 1.71. The zero-order valence-electron chi connectivity index (χ0n) is 7.38. The van der Waals surface area contributed by atoms with Crippen molar-refractivity contribution in [3.05, 3.63) is 23.8 Å². The fourth-order valence-corrected chi connectivity index (χ4v) is 2.58. The van der Waals surface area contributed by atoms with Gasteiger partial charge in [-0.3, -0.25) is 0 Å². The van der Waals surface area contributed by atoms with E-state index in [1.54, 1.807) is 5.57 Å². The van der Waals surface area contributed by atoms with Crippen LogP contribution in [0.4, 0.5) is 0 Å². The monoisotopic (exact) mass is 148 g/mol. The fraction of sp³-hybridized carbons (Fsp3) is 0.636. The first kappa shape index (κ1) is 7.15. The Morgan fingerprint density at radius 1 is 1.55 bits per heavy atom. The molecule has 3 atom stereocenters. The second-order valence-electron chi connectivity index (χ2n) is 3.89. The van der Waals surface area contributed by atoms with Gasteiger partial charge in [-0.25, -0.2) is 0 Å². The summed E-state index contributed by atoms with van der Waals surface area (Å²) in [6.45, 7) is 4.52. The minimum absolute atomic E-state index is 0.791. The molecule has 0 nitrogen and oxygen atoms in total. The van der Waals surface area contributed by atoms with Gasteiger partial charge in [-0.15, -0.1) is 0 Å². The van der Waals surface area contributed by atoms with Crippen LogP contribution in [0.2, 0.25) is 0 Å². The molecule has 0 aliphatic heterocycles. The summed E-state index contributed by atoms with van der Waals surface area (Å²) in [5.74, 6) is 2.68. The largest absolute Gasteiger partial charge is 0.0911 e. The standard InChI is InChI=1S/C11H16/c1-3-4-11-8(2)9-5-6-10(11)7-9/h3-4,6,8-9,11H,5,7H2,1-2H3. The molecule has 11 heavy (non-hydrogen) atoms. The molecule has 0 saturated heterocycles. The van der Waals surface area contributed by atoms with Crippen LogP contribution in [-0.4, -0.2) is 0 Å². The van der Waals surface area contributed by atoms with Crippen molar-refractivity contribution in [1.82, 2.24) is 0 Å². The lowest BCUT2D eigenvalue weighted by Crippen LogP contribution is -2.11. The van der Waals surface area contributed by atoms with Gasteiger partial charge in [0, 0.05) is 5.92 Å². The van der Waals surface area contributed by atoms with Gasteiger partial charge in [0.2, 0.25) is 0 Å². The van der Waals surface area contributed by atoms with Crippen LogP contribution in [0.1, 0.15) is 26.7 Å². The molecule has 60 valence electrons. The summed E-state index contributed by atoms with van der Waals surface area (Å²) in [5, 5.41) is 0. The van der Waals surface area contributed by atoms with Crippen LogP contribution in [0, 0.1) is 17.8 Å². The smallest absolute Gasteiger partial charge is 0.000524 e.